The van der Waals surface area contributed by atoms with E-state index < -0.39 is 5.97 Å². The minimum atomic E-state index is -0.906. The molecule has 2 N–H and O–H groups in total. The molecule has 5 nitrogen and oxygen atoms in total. The first kappa shape index (κ1) is 15.4. The predicted octanol–water partition coefficient (Wildman–Crippen LogP) is 2.10. The highest BCUT2D eigenvalue weighted by Gasteiger charge is 2.08. The fourth-order valence-corrected chi connectivity index (χ4v) is 1.80. The van der Waals surface area contributed by atoms with Crippen LogP contribution in [0.3, 0.4) is 0 Å². The molecular formula is C14H23N3O2. The van der Waals surface area contributed by atoms with Crippen LogP contribution in [-0.4, -0.2) is 48.1 Å². The van der Waals surface area contributed by atoms with Crippen LogP contribution in [0.4, 0.5) is 5.82 Å². The molecule has 0 aliphatic rings. The molecule has 5 heteroatoms. The summed E-state index contributed by atoms with van der Waals surface area (Å²) in [5.74, 6) is -0.252. The lowest BCUT2D eigenvalue weighted by Gasteiger charge is -2.11. The van der Waals surface area contributed by atoms with Crippen LogP contribution in [0.15, 0.2) is 12.1 Å². The molecule has 1 aromatic heterocycles. The Morgan fingerprint density at radius 3 is 2.74 bits per heavy atom. The molecule has 0 atom stereocenters. The van der Waals surface area contributed by atoms with E-state index in [-0.39, 0.29) is 0 Å². The zero-order valence-electron chi connectivity index (χ0n) is 11.9. The minimum Gasteiger partial charge on any atom is -0.478 e. The van der Waals surface area contributed by atoms with Crippen molar-refractivity contribution in [2.24, 2.45) is 0 Å². The highest BCUT2D eigenvalue weighted by molar-refractivity contribution is 5.88. The molecule has 0 bridgehead atoms. The van der Waals surface area contributed by atoms with Crippen molar-refractivity contribution >= 4 is 11.8 Å². The number of anilines is 1. The van der Waals surface area contributed by atoms with Gasteiger partial charge in [-0.2, -0.15) is 0 Å². The molecule has 0 unspecified atom stereocenters. The van der Waals surface area contributed by atoms with Gasteiger partial charge in [-0.1, -0.05) is 13.3 Å². The van der Waals surface area contributed by atoms with E-state index >= 15 is 0 Å². The van der Waals surface area contributed by atoms with Gasteiger partial charge in [0.1, 0.15) is 5.82 Å². The molecule has 0 radical (unpaired) electrons. The van der Waals surface area contributed by atoms with Crippen LogP contribution in [0, 0.1) is 0 Å². The standard InChI is InChI=1S/C14H23N3O2/c1-4-6-12-9-11(14(18)19)10-13(16-12)15-7-5-8-17(2)3/h9-10H,4-8H2,1-3H3,(H,15,16)(H,18,19). The first-order valence-electron chi connectivity index (χ1n) is 6.65. The fourth-order valence-electron chi connectivity index (χ4n) is 1.80. The number of hydrogen-bond donors (Lipinski definition) is 2. The lowest BCUT2D eigenvalue weighted by atomic mass is 10.1. The fraction of sp³-hybridized carbons (Fsp3) is 0.571. The molecule has 0 saturated heterocycles. The lowest BCUT2D eigenvalue weighted by molar-refractivity contribution is 0.0696. The van der Waals surface area contributed by atoms with Gasteiger partial charge in [0.25, 0.3) is 0 Å². The average Bonchev–Trinajstić information content (AvgIpc) is 2.34. The number of aromatic nitrogens is 1. The lowest BCUT2D eigenvalue weighted by Crippen LogP contribution is -2.17. The third-order valence-electron chi connectivity index (χ3n) is 2.72. The monoisotopic (exact) mass is 265 g/mol. The highest BCUT2D eigenvalue weighted by Crippen LogP contribution is 2.12. The molecule has 0 aliphatic heterocycles. The van der Waals surface area contributed by atoms with Crippen molar-refractivity contribution in [1.82, 2.24) is 9.88 Å². The Hall–Kier alpha value is -1.62. The number of aromatic carboxylic acids is 1. The SMILES string of the molecule is CCCc1cc(C(=O)O)cc(NCCCN(C)C)n1. The van der Waals surface area contributed by atoms with E-state index in [2.05, 4.69) is 22.1 Å². The van der Waals surface area contributed by atoms with Crippen molar-refractivity contribution < 1.29 is 9.90 Å². The van der Waals surface area contributed by atoms with Gasteiger partial charge in [-0.15, -0.1) is 0 Å². The Labute approximate surface area is 114 Å². The third kappa shape index (κ3) is 5.70. The van der Waals surface area contributed by atoms with E-state index in [1.165, 1.54) is 0 Å². The van der Waals surface area contributed by atoms with Crippen LogP contribution < -0.4 is 5.32 Å². The normalized spacial score (nSPS) is 10.7. The molecule has 0 aromatic carbocycles. The molecule has 1 rings (SSSR count). The number of aryl methyl sites for hydroxylation is 1. The van der Waals surface area contributed by atoms with Crippen molar-refractivity contribution in [3.8, 4) is 0 Å². The van der Waals surface area contributed by atoms with Gasteiger partial charge in [0, 0.05) is 12.2 Å². The zero-order valence-corrected chi connectivity index (χ0v) is 11.9. The molecule has 0 spiro atoms. The van der Waals surface area contributed by atoms with Crippen molar-refractivity contribution in [3.63, 3.8) is 0 Å². The molecule has 106 valence electrons. The molecule has 1 heterocycles. The van der Waals surface area contributed by atoms with Gasteiger partial charge >= 0.3 is 5.97 Å². The third-order valence-corrected chi connectivity index (χ3v) is 2.72. The van der Waals surface area contributed by atoms with E-state index in [0.29, 0.717) is 11.4 Å². The minimum absolute atomic E-state index is 0.300. The van der Waals surface area contributed by atoms with Gasteiger partial charge in [0.05, 0.1) is 5.56 Å². The largest absolute Gasteiger partial charge is 0.478 e. The molecule has 0 saturated carbocycles. The predicted molar refractivity (Wildman–Crippen MR) is 76.9 cm³/mol. The van der Waals surface area contributed by atoms with Crippen molar-refractivity contribution in [3.05, 3.63) is 23.4 Å². The van der Waals surface area contributed by atoms with E-state index in [1.807, 2.05) is 14.1 Å². The number of hydrogen-bond acceptors (Lipinski definition) is 4. The van der Waals surface area contributed by atoms with Gasteiger partial charge in [0.15, 0.2) is 0 Å². The second kappa shape index (κ2) is 7.74. The van der Waals surface area contributed by atoms with Crippen LogP contribution in [0.5, 0.6) is 0 Å². The Morgan fingerprint density at radius 1 is 1.42 bits per heavy atom. The van der Waals surface area contributed by atoms with E-state index in [1.54, 1.807) is 12.1 Å². The maximum absolute atomic E-state index is 11.1. The summed E-state index contributed by atoms with van der Waals surface area (Å²) < 4.78 is 0. The zero-order chi connectivity index (χ0) is 14.3. The first-order valence-corrected chi connectivity index (χ1v) is 6.65. The van der Waals surface area contributed by atoms with Crippen LogP contribution in [0.25, 0.3) is 0 Å². The first-order chi connectivity index (χ1) is 9.02. The number of carbonyl (C=O) groups is 1. The Balaban J connectivity index is 2.67. The number of nitrogens with one attached hydrogen (secondary N) is 1. The second-order valence-electron chi connectivity index (χ2n) is 4.87. The molecule has 0 aliphatic carbocycles. The smallest absolute Gasteiger partial charge is 0.335 e. The highest BCUT2D eigenvalue weighted by atomic mass is 16.4. The summed E-state index contributed by atoms with van der Waals surface area (Å²) in [5, 5.41) is 12.3. The number of carboxylic acids is 1. The number of rotatable bonds is 8. The van der Waals surface area contributed by atoms with E-state index in [4.69, 9.17) is 5.11 Å². The molecule has 0 amide bonds. The van der Waals surface area contributed by atoms with Crippen molar-refractivity contribution in [2.45, 2.75) is 26.2 Å². The van der Waals surface area contributed by atoms with Crippen molar-refractivity contribution in [1.29, 1.82) is 0 Å². The summed E-state index contributed by atoms with van der Waals surface area (Å²) in [5.41, 5.74) is 1.13. The Bertz CT molecular complexity index is 419. The van der Waals surface area contributed by atoms with Gasteiger partial charge in [-0.25, -0.2) is 9.78 Å². The summed E-state index contributed by atoms with van der Waals surface area (Å²) >= 11 is 0. The number of carboxylic acid groups (broad SMARTS) is 1. The van der Waals surface area contributed by atoms with Gasteiger partial charge in [0.2, 0.25) is 0 Å². The summed E-state index contributed by atoms with van der Waals surface area (Å²) in [6, 6.07) is 3.24. The second-order valence-corrected chi connectivity index (χ2v) is 4.87. The summed E-state index contributed by atoms with van der Waals surface area (Å²) in [6.07, 6.45) is 2.75. The van der Waals surface area contributed by atoms with Crippen LogP contribution in [-0.2, 0) is 6.42 Å². The number of pyridine rings is 1. The number of nitrogens with zero attached hydrogens (tertiary/aromatic N) is 2. The molecule has 1 aromatic rings. The maximum Gasteiger partial charge on any atom is 0.335 e. The van der Waals surface area contributed by atoms with Gasteiger partial charge in [-0.05, 0) is 45.6 Å². The van der Waals surface area contributed by atoms with Crippen LogP contribution in [0.2, 0.25) is 0 Å². The van der Waals surface area contributed by atoms with Crippen LogP contribution >= 0.6 is 0 Å². The van der Waals surface area contributed by atoms with E-state index in [9.17, 15) is 4.79 Å². The topological polar surface area (TPSA) is 65.5 Å². The Morgan fingerprint density at radius 2 is 2.16 bits per heavy atom. The average molecular weight is 265 g/mol. The van der Waals surface area contributed by atoms with E-state index in [0.717, 1.165) is 38.0 Å². The maximum atomic E-state index is 11.1. The molecule has 0 fully saturated rings. The summed E-state index contributed by atoms with van der Waals surface area (Å²) in [6.45, 7) is 3.84. The quantitative estimate of drug-likeness (QED) is 0.705. The summed E-state index contributed by atoms with van der Waals surface area (Å²) in [7, 11) is 4.06. The van der Waals surface area contributed by atoms with Crippen molar-refractivity contribution in [2.75, 3.05) is 32.5 Å². The molecular weight excluding hydrogens is 242 g/mol. The van der Waals surface area contributed by atoms with Crippen LogP contribution in [0.1, 0.15) is 35.8 Å². The van der Waals surface area contributed by atoms with Gasteiger partial charge in [-0.3, -0.25) is 0 Å². The van der Waals surface area contributed by atoms with Gasteiger partial charge < -0.3 is 15.3 Å². The molecule has 19 heavy (non-hydrogen) atoms. The Kier molecular flexibility index (Phi) is 6.29. The summed E-state index contributed by atoms with van der Waals surface area (Å²) in [4.78, 5) is 17.6.